The first-order valence-corrected chi connectivity index (χ1v) is 7.03. The summed E-state index contributed by atoms with van der Waals surface area (Å²) in [4.78, 5) is 0. The van der Waals surface area contributed by atoms with E-state index < -0.39 is 0 Å². The van der Waals surface area contributed by atoms with Gasteiger partial charge in [-0.3, -0.25) is 0 Å². The molecule has 4 aliphatic carbocycles. The minimum atomic E-state index is -0.0620. The highest BCUT2D eigenvalue weighted by Gasteiger charge is 2.68. The van der Waals surface area contributed by atoms with Crippen molar-refractivity contribution in [2.45, 2.75) is 65.9 Å². The molecule has 0 saturated heterocycles. The minimum Gasteiger partial charge on any atom is -0.393 e. The predicted molar refractivity (Wildman–Crippen MR) is 66.1 cm³/mol. The van der Waals surface area contributed by atoms with Crippen LogP contribution in [0.4, 0.5) is 0 Å². The van der Waals surface area contributed by atoms with Crippen LogP contribution in [0.25, 0.3) is 0 Å². The first-order valence-electron chi connectivity index (χ1n) is 7.03. The van der Waals surface area contributed by atoms with Gasteiger partial charge in [0, 0.05) is 0 Å². The monoisotopic (exact) mass is 222 g/mol. The summed E-state index contributed by atoms with van der Waals surface area (Å²) in [5.41, 5.74) is 0.984. The molecule has 16 heavy (non-hydrogen) atoms. The van der Waals surface area contributed by atoms with Crippen LogP contribution in [0.2, 0.25) is 0 Å². The summed E-state index contributed by atoms with van der Waals surface area (Å²) in [7, 11) is 0. The molecule has 5 atom stereocenters. The van der Waals surface area contributed by atoms with Crippen molar-refractivity contribution in [2.24, 2.45) is 28.1 Å². The van der Waals surface area contributed by atoms with Crippen molar-refractivity contribution in [1.29, 1.82) is 0 Å². The Balaban J connectivity index is 2.12. The molecule has 0 radical (unpaired) electrons. The van der Waals surface area contributed by atoms with Crippen LogP contribution in [0, 0.1) is 28.1 Å². The number of aliphatic hydroxyl groups is 1. The third kappa shape index (κ3) is 0.939. The average molecular weight is 222 g/mol. The minimum absolute atomic E-state index is 0.0620. The van der Waals surface area contributed by atoms with Gasteiger partial charge in [-0.2, -0.15) is 0 Å². The van der Waals surface area contributed by atoms with Crippen LogP contribution in [0.15, 0.2) is 0 Å². The lowest BCUT2D eigenvalue weighted by Crippen LogP contribution is -2.63. The first kappa shape index (κ1) is 11.1. The van der Waals surface area contributed by atoms with Crippen LogP contribution < -0.4 is 0 Å². The van der Waals surface area contributed by atoms with E-state index in [2.05, 4.69) is 27.7 Å². The predicted octanol–water partition coefficient (Wildman–Crippen LogP) is 3.61. The van der Waals surface area contributed by atoms with E-state index >= 15 is 0 Å². The zero-order valence-electron chi connectivity index (χ0n) is 11.2. The molecule has 1 heteroatoms. The van der Waals surface area contributed by atoms with Crippen molar-refractivity contribution in [1.82, 2.24) is 0 Å². The van der Waals surface area contributed by atoms with Crippen molar-refractivity contribution in [2.75, 3.05) is 0 Å². The van der Waals surface area contributed by atoms with Crippen molar-refractivity contribution in [3.8, 4) is 0 Å². The summed E-state index contributed by atoms with van der Waals surface area (Å²) in [6.45, 7) is 9.61. The second-order valence-electron chi connectivity index (χ2n) is 7.62. The van der Waals surface area contributed by atoms with Crippen molar-refractivity contribution in [3.63, 3.8) is 0 Å². The molecule has 0 aromatic rings. The van der Waals surface area contributed by atoms with Gasteiger partial charge in [0.15, 0.2) is 0 Å². The van der Waals surface area contributed by atoms with Crippen LogP contribution in [0.5, 0.6) is 0 Å². The third-order valence-corrected chi connectivity index (χ3v) is 7.33. The first-order chi connectivity index (χ1) is 7.34. The second kappa shape index (κ2) is 2.85. The zero-order valence-corrected chi connectivity index (χ0v) is 11.2. The Morgan fingerprint density at radius 1 is 1.06 bits per heavy atom. The van der Waals surface area contributed by atoms with E-state index in [-0.39, 0.29) is 11.5 Å². The van der Waals surface area contributed by atoms with Crippen LogP contribution in [-0.4, -0.2) is 11.2 Å². The Morgan fingerprint density at radius 3 is 2.38 bits per heavy atom. The van der Waals surface area contributed by atoms with Gasteiger partial charge in [0.2, 0.25) is 0 Å². The van der Waals surface area contributed by atoms with Crippen LogP contribution in [0.3, 0.4) is 0 Å². The lowest BCUT2D eigenvalue weighted by atomic mass is 9.38. The molecule has 0 aliphatic heterocycles. The lowest BCUT2D eigenvalue weighted by molar-refractivity contribution is -0.223. The lowest BCUT2D eigenvalue weighted by Gasteiger charge is -2.67. The Hall–Kier alpha value is -0.0400. The van der Waals surface area contributed by atoms with Gasteiger partial charge < -0.3 is 5.11 Å². The smallest absolute Gasteiger partial charge is 0.0604 e. The van der Waals surface area contributed by atoms with Crippen molar-refractivity contribution in [3.05, 3.63) is 0 Å². The molecule has 4 rings (SSSR count). The summed E-state index contributed by atoms with van der Waals surface area (Å²) in [5, 5.41) is 10.6. The number of aliphatic hydroxyl groups excluding tert-OH is 1. The molecule has 0 amide bonds. The second-order valence-corrected chi connectivity index (χ2v) is 7.62. The van der Waals surface area contributed by atoms with Crippen LogP contribution in [-0.2, 0) is 0 Å². The SMILES string of the molecule is C[C@H]1CC[C@@H]2C(C)(C)[C@]3(C)CC[C@@]21C[C@@H]3O. The fourth-order valence-electron chi connectivity index (χ4n) is 5.67. The van der Waals surface area contributed by atoms with Gasteiger partial charge >= 0.3 is 0 Å². The maximum absolute atomic E-state index is 10.6. The van der Waals surface area contributed by atoms with Gasteiger partial charge in [-0.1, -0.05) is 27.7 Å². The molecule has 0 aromatic carbocycles. The zero-order chi connectivity index (χ0) is 11.8. The number of hydrogen-bond donors (Lipinski definition) is 1. The fraction of sp³-hybridized carbons (Fsp3) is 1.00. The van der Waals surface area contributed by atoms with Gasteiger partial charge in [-0.05, 0) is 60.2 Å². The molecular weight excluding hydrogens is 196 g/mol. The molecule has 0 heterocycles. The van der Waals surface area contributed by atoms with Gasteiger partial charge in [0.25, 0.3) is 0 Å². The van der Waals surface area contributed by atoms with E-state index in [9.17, 15) is 5.11 Å². The van der Waals surface area contributed by atoms with Gasteiger partial charge in [-0.15, -0.1) is 0 Å². The third-order valence-electron chi connectivity index (χ3n) is 7.33. The molecule has 4 fully saturated rings. The van der Waals surface area contributed by atoms with Crippen LogP contribution >= 0.6 is 0 Å². The molecule has 0 unspecified atom stereocenters. The van der Waals surface area contributed by atoms with Crippen molar-refractivity contribution < 1.29 is 5.11 Å². The van der Waals surface area contributed by atoms with E-state index in [1.165, 1.54) is 25.7 Å². The molecule has 2 bridgehead atoms. The molecular formula is C15H26O. The summed E-state index contributed by atoms with van der Waals surface area (Å²) >= 11 is 0. The topological polar surface area (TPSA) is 20.2 Å². The standard InChI is InChI=1S/C15H26O/c1-10-5-6-11-13(2,3)14(4)7-8-15(10,11)9-12(14)16/h10-12,16H,5-9H2,1-4H3/t10-,11+,12-,14+,15-/m0/s1. The molecule has 1 nitrogen and oxygen atoms in total. The maximum Gasteiger partial charge on any atom is 0.0604 e. The van der Waals surface area contributed by atoms with E-state index in [0.29, 0.717) is 10.8 Å². The summed E-state index contributed by atoms with van der Waals surface area (Å²) in [6.07, 6.45) is 6.41. The summed E-state index contributed by atoms with van der Waals surface area (Å²) < 4.78 is 0. The summed E-state index contributed by atoms with van der Waals surface area (Å²) in [5.74, 6) is 1.69. The highest BCUT2D eigenvalue weighted by Crippen LogP contribution is 2.73. The molecule has 1 spiro atoms. The Kier molecular flexibility index (Phi) is 1.98. The van der Waals surface area contributed by atoms with Gasteiger partial charge in [-0.25, -0.2) is 0 Å². The normalized spacial score (nSPS) is 58.7. The van der Waals surface area contributed by atoms with E-state index in [0.717, 1.165) is 18.3 Å². The molecule has 4 aliphatic rings. The molecule has 4 saturated carbocycles. The average Bonchev–Trinajstić information content (AvgIpc) is 2.51. The van der Waals surface area contributed by atoms with Gasteiger partial charge in [0.05, 0.1) is 6.10 Å². The number of rotatable bonds is 0. The Labute approximate surface area is 99.6 Å². The largest absolute Gasteiger partial charge is 0.393 e. The molecule has 0 aromatic heterocycles. The maximum atomic E-state index is 10.6. The van der Waals surface area contributed by atoms with Crippen LogP contribution in [0.1, 0.15) is 59.8 Å². The Morgan fingerprint density at radius 2 is 1.75 bits per heavy atom. The fourth-order valence-corrected chi connectivity index (χ4v) is 5.67. The number of hydrogen-bond acceptors (Lipinski definition) is 1. The molecule has 1 N–H and O–H groups in total. The van der Waals surface area contributed by atoms with E-state index in [4.69, 9.17) is 0 Å². The molecule has 92 valence electrons. The highest BCUT2D eigenvalue weighted by atomic mass is 16.3. The quantitative estimate of drug-likeness (QED) is 0.664. The van der Waals surface area contributed by atoms with Gasteiger partial charge in [0.1, 0.15) is 0 Å². The number of fused-ring (bicyclic) bond motifs is 2. The Bertz CT molecular complexity index is 321. The van der Waals surface area contributed by atoms with Crippen molar-refractivity contribution >= 4 is 0 Å². The van der Waals surface area contributed by atoms with E-state index in [1.807, 2.05) is 0 Å². The highest BCUT2D eigenvalue weighted by molar-refractivity contribution is 5.17. The summed E-state index contributed by atoms with van der Waals surface area (Å²) in [6, 6.07) is 0. The van der Waals surface area contributed by atoms with E-state index in [1.54, 1.807) is 0 Å².